The maximum absolute atomic E-state index is 11.6. The van der Waals surface area contributed by atoms with Gasteiger partial charge >= 0.3 is 0 Å². The quantitative estimate of drug-likeness (QED) is 0.747. The van der Waals surface area contributed by atoms with Crippen LogP contribution in [0.3, 0.4) is 0 Å². The van der Waals surface area contributed by atoms with Gasteiger partial charge in [0, 0.05) is 32.1 Å². The fourth-order valence-corrected chi connectivity index (χ4v) is 2.65. The molecule has 17 heavy (non-hydrogen) atoms. The molecule has 0 saturated carbocycles. The number of fused-ring (bicyclic) bond motifs is 1. The Kier molecular flexibility index (Phi) is 2.63. The Balaban J connectivity index is 1.75. The largest absolute Gasteiger partial charge is 0.351 e. The van der Waals surface area contributed by atoms with Gasteiger partial charge in [0.1, 0.15) is 0 Å². The highest BCUT2D eigenvalue weighted by Crippen LogP contribution is 2.25. The van der Waals surface area contributed by atoms with Gasteiger partial charge < -0.3 is 9.80 Å². The molecular formula is C11H13ClN4O. The Labute approximate surface area is 104 Å². The van der Waals surface area contributed by atoms with Crippen LogP contribution in [-0.4, -0.2) is 46.7 Å². The summed E-state index contributed by atoms with van der Waals surface area (Å²) in [6.45, 7) is 2.45. The maximum Gasteiger partial charge on any atom is 0.223 e. The summed E-state index contributed by atoms with van der Waals surface area (Å²) in [6.07, 6.45) is 1.64. The molecule has 0 bridgehead atoms. The summed E-state index contributed by atoms with van der Waals surface area (Å²) in [5.41, 5.74) is 0. The first-order valence-corrected chi connectivity index (χ1v) is 6.15. The van der Waals surface area contributed by atoms with Crippen LogP contribution in [0.2, 0.25) is 5.15 Å². The lowest BCUT2D eigenvalue weighted by Gasteiger charge is -2.37. The van der Waals surface area contributed by atoms with E-state index >= 15 is 0 Å². The number of nitrogens with zero attached hydrogens (tertiary/aromatic N) is 4. The summed E-state index contributed by atoms with van der Waals surface area (Å²) in [5.74, 6) is 1.13. The molecule has 2 aliphatic heterocycles. The van der Waals surface area contributed by atoms with E-state index in [1.165, 1.54) is 0 Å². The second-order valence-corrected chi connectivity index (χ2v) is 4.83. The molecule has 1 aromatic heterocycles. The molecule has 6 heteroatoms. The Morgan fingerprint density at radius 2 is 2.18 bits per heavy atom. The molecule has 90 valence electrons. The smallest absolute Gasteiger partial charge is 0.223 e. The third kappa shape index (κ3) is 1.95. The summed E-state index contributed by atoms with van der Waals surface area (Å²) in [5, 5.41) is 8.33. The van der Waals surface area contributed by atoms with Crippen molar-refractivity contribution in [3.05, 3.63) is 17.3 Å². The highest BCUT2D eigenvalue weighted by Gasteiger charge is 2.35. The molecule has 2 saturated heterocycles. The Morgan fingerprint density at radius 1 is 1.29 bits per heavy atom. The average molecular weight is 253 g/mol. The van der Waals surface area contributed by atoms with Crippen molar-refractivity contribution < 1.29 is 4.79 Å². The molecular weight excluding hydrogens is 240 g/mol. The van der Waals surface area contributed by atoms with Crippen molar-refractivity contribution in [3.63, 3.8) is 0 Å². The summed E-state index contributed by atoms with van der Waals surface area (Å²) in [7, 11) is 0. The third-order valence-electron chi connectivity index (χ3n) is 3.44. The first kappa shape index (κ1) is 10.8. The van der Waals surface area contributed by atoms with Crippen molar-refractivity contribution in [2.45, 2.75) is 18.9 Å². The highest BCUT2D eigenvalue weighted by atomic mass is 35.5. The van der Waals surface area contributed by atoms with Crippen molar-refractivity contribution in [1.29, 1.82) is 0 Å². The van der Waals surface area contributed by atoms with Gasteiger partial charge in [-0.05, 0) is 18.6 Å². The zero-order valence-electron chi connectivity index (χ0n) is 9.34. The molecule has 0 aliphatic carbocycles. The van der Waals surface area contributed by atoms with Crippen LogP contribution in [0.15, 0.2) is 12.1 Å². The van der Waals surface area contributed by atoms with Gasteiger partial charge in [0.05, 0.1) is 0 Å². The predicted molar refractivity (Wildman–Crippen MR) is 64.0 cm³/mol. The van der Waals surface area contributed by atoms with Crippen molar-refractivity contribution in [3.8, 4) is 0 Å². The minimum absolute atomic E-state index is 0.289. The fraction of sp³-hybridized carbons (Fsp3) is 0.545. The van der Waals surface area contributed by atoms with Crippen LogP contribution in [-0.2, 0) is 4.79 Å². The number of rotatable bonds is 1. The molecule has 2 fully saturated rings. The molecule has 1 amide bonds. The van der Waals surface area contributed by atoms with E-state index in [-0.39, 0.29) is 5.91 Å². The molecule has 1 atom stereocenters. The van der Waals surface area contributed by atoms with Gasteiger partial charge in [0.2, 0.25) is 5.91 Å². The van der Waals surface area contributed by atoms with Crippen LogP contribution in [0.1, 0.15) is 12.8 Å². The zero-order valence-corrected chi connectivity index (χ0v) is 10.1. The van der Waals surface area contributed by atoms with Gasteiger partial charge in [-0.2, -0.15) is 0 Å². The second-order valence-electron chi connectivity index (χ2n) is 4.44. The number of aromatic nitrogens is 2. The number of halogens is 1. The molecule has 0 spiro atoms. The monoisotopic (exact) mass is 252 g/mol. The molecule has 2 aliphatic rings. The number of hydrogen-bond donors (Lipinski definition) is 0. The van der Waals surface area contributed by atoms with Gasteiger partial charge in [-0.25, -0.2) is 0 Å². The van der Waals surface area contributed by atoms with Crippen LogP contribution in [0.25, 0.3) is 0 Å². The minimum atomic E-state index is 0.289. The number of hydrogen-bond acceptors (Lipinski definition) is 4. The van der Waals surface area contributed by atoms with E-state index in [9.17, 15) is 4.79 Å². The number of anilines is 1. The Bertz CT molecular complexity index is 436. The highest BCUT2D eigenvalue weighted by molar-refractivity contribution is 6.29. The lowest BCUT2D eigenvalue weighted by Crippen LogP contribution is -2.51. The Hall–Kier alpha value is -1.36. The van der Waals surface area contributed by atoms with Crippen molar-refractivity contribution in [2.24, 2.45) is 0 Å². The number of carbonyl (C=O) groups is 1. The summed E-state index contributed by atoms with van der Waals surface area (Å²) < 4.78 is 0. The predicted octanol–water partition coefficient (Wildman–Crippen LogP) is 0.941. The van der Waals surface area contributed by atoms with E-state index in [1.807, 2.05) is 11.0 Å². The van der Waals surface area contributed by atoms with Crippen LogP contribution < -0.4 is 4.90 Å². The first-order chi connectivity index (χ1) is 8.24. The maximum atomic E-state index is 11.6. The van der Waals surface area contributed by atoms with Gasteiger partial charge in [0.25, 0.3) is 0 Å². The second kappa shape index (κ2) is 4.14. The van der Waals surface area contributed by atoms with Gasteiger partial charge in [-0.15, -0.1) is 10.2 Å². The molecule has 3 heterocycles. The van der Waals surface area contributed by atoms with E-state index in [0.717, 1.165) is 31.9 Å². The molecule has 1 unspecified atom stereocenters. The van der Waals surface area contributed by atoms with E-state index < -0.39 is 0 Å². The lowest BCUT2D eigenvalue weighted by atomic mass is 10.1. The van der Waals surface area contributed by atoms with Crippen molar-refractivity contribution >= 4 is 23.3 Å². The lowest BCUT2D eigenvalue weighted by molar-refractivity contribution is -0.129. The van der Waals surface area contributed by atoms with Crippen molar-refractivity contribution in [1.82, 2.24) is 15.1 Å². The molecule has 0 radical (unpaired) electrons. The summed E-state index contributed by atoms with van der Waals surface area (Å²) >= 11 is 5.71. The number of carbonyl (C=O) groups excluding carboxylic acids is 1. The minimum Gasteiger partial charge on any atom is -0.351 e. The molecule has 0 aromatic carbocycles. The van der Waals surface area contributed by atoms with Crippen molar-refractivity contribution in [2.75, 3.05) is 24.5 Å². The van der Waals surface area contributed by atoms with Crippen LogP contribution in [0, 0.1) is 0 Å². The van der Waals surface area contributed by atoms with E-state index in [1.54, 1.807) is 6.07 Å². The number of piperazine rings is 1. The Morgan fingerprint density at radius 3 is 2.94 bits per heavy atom. The van der Waals surface area contributed by atoms with E-state index in [0.29, 0.717) is 17.6 Å². The number of amides is 1. The molecule has 5 nitrogen and oxygen atoms in total. The van der Waals surface area contributed by atoms with Gasteiger partial charge in [-0.3, -0.25) is 4.79 Å². The normalized spacial score (nSPS) is 24.1. The zero-order chi connectivity index (χ0) is 11.8. The molecule has 1 aromatic rings. The van der Waals surface area contributed by atoms with Gasteiger partial charge in [0.15, 0.2) is 11.0 Å². The molecule has 3 rings (SSSR count). The average Bonchev–Trinajstić information content (AvgIpc) is 2.72. The SMILES string of the molecule is O=C1CCC2CN(c3ccc(Cl)nn3)CCN12. The fourth-order valence-electron chi connectivity index (χ4n) is 2.55. The standard InChI is InChI=1S/C11H13ClN4O/c12-9-2-3-10(14-13-9)15-5-6-16-8(7-15)1-4-11(16)17/h2-3,8H,1,4-7H2. The van der Waals surface area contributed by atoms with E-state index in [2.05, 4.69) is 15.1 Å². The van der Waals surface area contributed by atoms with Crippen LogP contribution in [0.4, 0.5) is 5.82 Å². The van der Waals surface area contributed by atoms with Crippen LogP contribution >= 0.6 is 11.6 Å². The topological polar surface area (TPSA) is 49.3 Å². The molecule has 0 N–H and O–H groups in total. The summed E-state index contributed by atoms with van der Waals surface area (Å²) in [4.78, 5) is 15.7. The third-order valence-corrected chi connectivity index (χ3v) is 3.64. The first-order valence-electron chi connectivity index (χ1n) is 5.78. The van der Waals surface area contributed by atoms with Gasteiger partial charge in [-0.1, -0.05) is 11.6 Å². The summed E-state index contributed by atoms with van der Waals surface area (Å²) in [6, 6.07) is 3.96. The van der Waals surface area contributed by atoms with E-state index in [4.69, 9.17) is 11.6 Å². The van der Waals surface area contributed by atoms with Crippen LogP contribution in [0.5, 0.6) is 0 Å².